The van der Waals surface area contributed by atoms with Crippen molar-refractivity contribution in [2.45, 2.75) is 33.2 Å². The van der Waals surface area contributed by atoms with Crippen molar-refractivity contribution in [3.63, 3.8) is 0 Å². The molecule has 3 atom stereocenters. The second kappa shape index (κ2) is 5.45. The van der Waals surface area contributed by atoms with Crippen LogP contribution in [0.5, 0.6) is 0 Å². The molecule has 0 aromatic rings. The topological polar surface area (TPSA) is 52.7 Å². The number of hydrogen-bond acceptors (Lipinski definition) is 3. The first-order valence-electron chi connectivity index (χ1n) is 6.90. The molecular formula is C12H25N3O2S. The van der Waals surface area contributed by atoms with Crippen molar-refractivity contribution in [3.8, 4) is 0 Å². The average molecular weight is 275 g/mol. The Morgan fingerprint density at radius 3 is 2.33 bits per heavy atom. The molecular weight excluding hydrogens is 250 g/mol. The fourth-order valence-electron chi connectivity index (χ4n) is 2.99. The van der Waals surface area contributed by atoms with Crippen molar-refractivity contribution in [1.29, 1.82) is 0 Å². The molecule has 0 saturated carbocycles. The largest absolute Gasteiger partial charge is 0.314 e. The van der Waals surface area contributed by atoms with Gasteiger partial charge < -0.3 is 5.32 Å². The van der Waals surface area contributed by atoms with Gasteiger partial charge in [-0.05, 0) is 25.2 Å². The van der Waals surface area contributed by atoms with Crippen LogP contribution in [0.3, 0.4) is 0 Å². The van der Waals surface area contributed by atoms with Gasteiger partial charge in [0.2, 0.25) is 0 Å². The van der Waals surface area contributed by atoms with E-state index in [1.165, 1.54) is 0 Å². The predicted molar refractivity (Wildman–Crippen MR) is 72.5 cm³/mol. The number of piperidine rings is 1. The average Bonchev–Trinajstić information content (AvgIpc) is 2.34. The minimum atomic E-state index is -3.27. The molecule has 0 bridgehead atoms. The van der Waals surface area contributed by atoms with Crippen LogP contribution in [0.4, 0.5) is 0 Å². The Kier molecular flexibility index (Phi) is 4.31. The van der Waals surface area contributed by atoms with Gasteiger partial charge in [0, 0.05) is 38.8 Å². The van der Waals surface area contributed by atoms with Crippen molar-refractivity contribution >= 4 is 10.2 Å². The maximum atomic E-state index is 12.7. The first-order valence-corrected chi connectivity index (χ1v) is 8.30. The number of nitrogens with one attached hydrogen (secondary N) is 1. The zero-order valence-electron chi connectivity index (χ0n) is 11.6. The summed E-state index contributed by atoms with van der Waals surface area (Å²) in [4.78, 5) is 0. The standard InChI is InChI=1S/C12H25N3O2S/c1-10-8-11(2)12(3)15(9-10)18(16,17)14-6-4-13-5-7-14/h10-13H,4-9H2,1-3H3. The molecule has 0 aromatic heterocycles. The third-order valence-corrected chi connectivity index (χ3v) is 6.33. The van der Waals surface area contributed by atoms with E-state index in [1.807, 2.05) is 6.92 Å². The Bertz CT molecular complexity index is 379. The first kappa shape index (κ1) is 14.2. The molecule has 0 amide bonds. The van der Waals surface area contributed by atoms with Crippen molar-refractivity contribution in [2.24, 2.45) is 11.8 Å². The molecule has 2 aliphatic rings. The minimum absolute atomic E-state index is 0.112. The van der Waals surface area contributed by atoms with Crippen LogP contribution in [0.2, 0.25) is 0 Å². The second-order valence-corrected chi connectivity index (χ2v) is 7.67. The van der Waals surface area contributed by atoms with Gasteiger partial charge in [-0.25, -0.2) is 0 Å². The lowest BCUT2D eigenvalue weighted by molar-refractivity contribution is 0.146. The van der Waals surface area contributed by atoms with E-state index < -0.39 is 10.2 Å². The van der Waals surface area contributed by atoms with Gasteiger partial charge in [0.05, 0.1) is 0 Å². The summed E-state index contributed by atoms with van der Waals surface area (Å²) in [5.74, 6) is 0.889. The molecule has 2 saturated heterocycles. The van der Waals surface area contributed by atoms with E-state index in [2.05, 4.69) is 19.2 Å². The van der Waals surface area contributed by atoms with Crippen LogP contribution >= 0.6 is 0 Å². The highest BCUT2D eigenvalue weighted by Gasteiger charge is 2.39. The highest BCUT2D eigenvalue weighted by Crippen LogP contribution is 2.30. The van der Waals surface area contributed by atoms with E-state index in [-0.39, 0.29) is 6.04 Å². The Morgan fingerprint density at radius 2 is 1.72 bits per heavy atom. The zero-order chi connectivity index (χ0) is 13.3. The van der Waals surface area contributed by atoms with Crippen molar-refractivity contribution in [1.82, 2.24) is 13.9 Å². The predicted octanol–water partition coefficient (Wildman–Crippen LogP) is 0.503. The molecule has 0 spiro atoms. The molecule has 3 unspecified atom stereocenters. The Labute approximate surface area is 111 Å². The van der Waals surface area contributed by atoms with E-state index in [0.717, 1.165) is 19.5 Å². The van der Waals surface area contributed by atoms with Gasteiger partial charge in [-0.1, -0.05) is 13.8 Å². The van der Waals surface area contributed by atoms with Crippen LogP contribution in [0.25, 0.3) is 0 Å². The van der Waals surface area contributed by atoms with E-state index in [9.17, 15) is 8.42 Å². The fourth-order valence-corrected chi connectivity index (χ4v) is 5.00. The first-order chi connectivity index (χ1) is 8.43. The van der Waals surface area contributed by atoms with Gasteiger partial charge in [-0.2, -0.15) is 17.0 Å². The lowest BCUT2D eigenvalue weighted by Gasteiger charge is -2.42. The summed E-state index contributed by atoms with van der Waals surface area (Å²) >= 11 is 0. The second-order valence-electron chi connectivity index (χ2n) is 5.79. The summed E-state index contributed by atoms with van der Waals surface area (Å²) in [7, 11) is -3.27. The highest BCUT2D eigenvalue weighted by atomic mass is 32.2. The van der Waals surface area contributed by atoms with E-state index in [4.69, 9.17) is 0 Å². The third-order valence-electron chi connectivity index (χ3n) is 4.24. The van der Waals surface area contributed by atoms with Crippen LogP contribution < -0.4 is 5.32 Å². The molecule has 6 heteroatoms. The normalized spacial score (nSPS) is 36.7. The molecule has 0 radical (unpaired) electrons. The molecule has 5 nitrogen and oxygen atoms in total. The Balaban J connectivity index is 2.17. The van der Waals surface area contributed by atoms with Gasteiger partial charge in [-0.15, -0.1) is 0 Å². The maximum absolute atomic E-state index is 12.7. The Morgan fingerprint density at radius 1 is 1.11 bits per heavy atom. The van der Waals surface area contributed by atoms with Crippen LogP contribution in [-0.2, 0) is 10.2 Å². The maximum Gasteiger partial charge on any atom is 0.282 e. The zero-order valence-corrected chi connectivity index (χ0v) is 12.4. The molecule has 106 valence electrons. The summed E-state index contributed by atoms with van der Waals surface area (Å²) in [5.41, 5.74) is 0. The number of rotatable bonds is 2. The van der Waals surface area contributed by atoms with Crippen LogP contribution in [-0.4, -0.2) is 55.8 Å². The van der Waals surface area contributed by atoms with Crippen LogP contribution in [0, 0.1) is 11.8 Å². The van der Waals surface area contributed by atoms with E-state index in [0.29, 0.717) is 31.5 Å². The van der Waals surface area contributed by atoms with Gasteiger partial charge in [0.1, 0.15) is 0 Å². The number of nitrogens with zero attached hydrogens (tertiary/aromatic N) is 2. The van der Waals surface area contributed by atoms with Crippen LogP contribution in [0.1, 0.15) is 27.2 Å². The van der Waals surface area contributed by atoms with E-state index >= 15 is 0 Å². The summed E-state index contributed by atoms with van der Waals surface area (Å²) in [6.45, 7) is 9.69. The van der Waals surface area contributed by atoms with Gasteiger partial charge in [-0.3, -0.25) is 0 Å². The molecule has 2 rings (SSSR count). The van der Waals surface area contributed by atoms with Crippen molar-refractivity contribution in [2.75, 3.05) is 32.7 Å². The summed E-state index contributed by atoms with van der Waals surface area (Å²) in [5, 5.41) is 3.19. The summed E-state index contributed by atoms with van der Waals surface area (Å²) < 4.78 is 28.7. The minimum Gasteiger partial charge on any atom is -0.314 e. The van der Waals surface area contributed by atoms with Gasteiger partial charge >= 0.3 is 0 Å². The molecule has 2 fully saturated rings. The SMILES string of the molecule is CC1CC(C)C(C)N(S(=O)(=O)N2CCNCC2)C1. The monoisotopic (exact) mass is 275 g/mol. The fraction of sp³-hybridized carbons (Fsp3) is 1.00. The van der Waals surface area contributed by atoms with E-state index in [1.54, 1.807) is 8.61 Å². The summed E-state index contributed by atoms with van der Waals surface area (Å²) in [6, 6.07) is 0.112. The third kappa shape index (κ3) is 2.71. The quantitative estimate of drug-likeness (QED) is 0.798. The van der Waals surface area contributed by atoms with Crippen molar-refractivity contribution < 1.29 is 8.42 Å². The molecule has 2 heterocycles. The van der Waals surface area contributed by atoms with Crippen molar-refractivity contribution in [3.05, 3.63) is 0 Å². The Hall–Kier alpha value is -0.170. The van der Waals surface area contributed by atoms with Gasteiger partial charge in [0.25, 0.3) is 10.2 Å². The molecule has 18 heavy (non-hydrogen) atoms. The highest BCUT2D eigenvalue weighted by molar-refractivity contribution is 7.86. The smallest absolute Gasteiger partial charge is 0.282 e. The molecule has 0 aromatic carbocycles. The number of hydrogen-bond donors (Lipinski definition) is 1. The molecule has 0 aliphatic carbocycles. The van der Waals surface area contributed by atoms with Gasteiger partial charge in [0.15, 0.2) is 0 Å². The number of piperazine rings is 1. The van der Waals surface area contributed by atoms with Crippen LogP contribution in [0.15, 0.2) is 0 Å². The lowest BCUT2D eigenvalue weighted by atomic mass is 9.88. The molecule has 2 aliphatic heterocycles. The lowest BCUT2D eigenvalue weighted by Crippen LogP contribution is -2.57. The molecule has 1 N–H and O–H groups in total. The summed E-state index contributed by atoms with van der Waals surface area (Å²) in [6.07, 6.45) is 1.12.